The minimum absolute atomic E-state index is 0.227. The van der Waals surface area contributed by atoms with Gasteiger partial charge in [0.2, 0.25) is 0 Å². The van der Waals surface area contributed by atoms with Crippen LogP contribution in [0.3, 0.4) is 0 Å². The fourth-order valence-corrected chi connectivity index (χ4v) is 2.07. The Balaban J connectivity index is 3.73. The van der Waals surface area contributed by atoms with Gasteiger partial charge in [0.05, 0.1) is 12.2 Å². The van der Waals surface area contributed by atoms with Gasteiger partial charge in [-0.05, 0) is 25.7 Å². The maximum absolute atomic E-state index is 10.4. The molecule has 0 amide bonds. The highest BCUT2D eigenvalue weighted by Crippen LogP contribution is 2.08. The number of hydrogen-bond donors (Lipinski definition) is 3. The first kappa shape index (κ1) is 22.4. The van der Waals surface area contributed by atoms with Crippen LogP contribution in [0.2, 0.25) is 0 Å². The molecule has 0 spiro atoms. The fourth-order valence-electron chi connectivity index (χ4n) is 2.07. The van der Waals surface area contributed by atoms with Gasteiger partial charge in [-0.3, -0.25) is 4.79 Å². The van der Waals surface area contributed by atoms with Crippen LogP contribution in [0.15, 0.2) is 48.6 Å². The second-order valence-corrected chi connectivity index (χ2v) is 5.75. The van der Waals surface area contributed by atoms with Crippen LogP contribution in [0.4, 0.5) is 0 Å². The SMILES string of the molecule is CC/C=C\CC(O)/C=C/C=C/C=C\C(O)CCCCCCC(=O)O. The predicted molar refractivity (Wildman–Crippen MR) is 98.8 cm³/mol. The highest BCUT2D eigenvalue weighted by Gasteiger charge is 2.00. The number of aliphatic hydroxyl groups is 2. The van der Waals surface area contributed by atoms with Crippen molar-refractivity contribution < 1.29 is 20.1 Å². The smallest absolute Gasteiger partial charge is 0.303 e. The molecule has 0 aliphatic heterocycles. The van der Waals surface area contributed by atoms with Gasteiger partial charge in [-0.1, -0.05) is 74.8 Å². The van der Waals surface area contributed by atoms with E-state index in [1.54, 1.807) is 24.3 Å². The molecule has 0 aromatic heterocycles. The molecule has 0 saturated heterocycles. The van der Waals surface area contributed by atoms with Crippen LogP contribution in [0.1, 0.15) is 58.3 Å². The number of unbranched alkanes of at least 4 members (excludes halogenated alkanes) is 3. The van der Waals surface area contributed by atoms with E-state index in [0.29, 0.717) is 19.3 Å². The van der Waals surface area contributed by atoms with Crippen LogP contribution < -0.4 is 0 Å². The minimum atomic E-state index is -0.747. The lowest BCUT2D eigenvalue weighted by Crippen LogP contribution is -2.01. The molecule has 0 heterocycles. The van der Waals surface area contributed by atoms with Crippen LogP contribution in [-0.2, 0) is 4.79 Å². The Bertz CT molecular complexity index is 421. The van der Waals surface area contributed by atoms with E-state index in [1.807, 2.05) is 24.3 Å². The molecule has 0 aromatic rings. The summed E-state index contributed by atoms with van der Waals surface area (Å²) in [5, 5.41) is 27.9. The highest BCUT2D eigenvalue weighted by atomic mass is 16.4. The van der Waals surface area contributed by atoms with E-state index in [4.69, 9.17) is 5.11 Å². The molecule has 4 nitrogen and oxygen atoms in total. The van der Waals surface area contributed by atoms with Crippen LogP contribution in [0.5, 0.6) is 0 Å². The third-order valence-corrected chi connectivity index (χ3v) is 3.42. The first-order valence-electron chi connectivity index (χ1n) is 8.80. The van der Waals surface area contributed by atoms with Gasteiger partial charge in [-0.25, -0.2) is 0 Å². The lowest BCUT2D eigenvalue weighted by molar-refractivity contribution is -0.137. The van der Waals surface area contributed by atoms with Crippen molar-refractivity contribution in [3.63, 3.8) is 0 Å². The second-order valence-electron chi connectivity index (χ2n) is 5.75. The summed E-state index contributed by atoms with van der Waals surface area (Å²) in [5.41, 5.74) is 0. The Kier molecular flexibility index (Phi) is 15.1. The van der Waals surface area contributed by atoms with Gasteiger partial charge in [-0.15, -0.1) is 0 Å². The zero-order valence-electron chi connectivity index (χ0n) is 14.7. The average Bonchev–Trinajstić information content (AvgIpc) is 2.54. The number of carbonyl (C=O) groups is 1. The summed E-state index contributed by atoms with van der Waals surface area (Å²) in [4.78, 5) is 10.4. The van der Waals surface area contributed by atoms with Crippen LogP contribution in [0.25, 0.3) is 0 Å². The lowest BCUT2D eigenvalue weighted by atomic mass is 10.1. The van der Waals surface area contributed by atoms with E-state index < -0.39 is 18.2 Å². The van der Waals surface area contributed by atoms with Gasteiger partial charge in [0.1, 0.15) is 0 Å². The number of carboxylic acids is 1. The lowest BCUT2D eigenvalue weighted by Gasteiger charge is -2.04. The molecule has 4 heteroatoms. The van der Waals surface area contributed by atoms with E-state index in [0.717, 1.165) is 25.7 Å². The van der Waals surface area contributed by atoms with Gasteiger partial charge in [0.25, 0.3) is 0 Å². The summed E-state index contributed by atoms with van der Waals surface area (Å²) in [6.07, 6.45) is 19.7. The number of aliphatic carboxylic acids is 1. The molecule has 2 atom stereocenters. The number of aliphatic hydroxyl groups excluding tert-OH is 2. The largest absolute Gasteiger partial charge is 0.481 e. The standard InChI is InChI=1S/C20H32O4/c1-2-3-8-13-18(21)14-9-4-5-10-15-19(22)16-11-6-7-12-17-20(23)24/h3-5,8-10,14-15,18-19,21-22H,2,6-7,11-13,16-17H2,1H3,(H,23,24)/b5-4+,8-3-,14-9+,15-10-. The van der Waals surface area contributed by atoms with Crippen molar-refractivity contribution in [3.8, 4) is 0 Å². The number of rotatable bonds is 14. The highest BCUT2D eigenvalue weighted by molar-refractivity contribution is 5.66. The van der Waals surface area contributed by atoms with Crippen molar-refractivity contribution >= 4 is 5.97 Å². The molecule has 0 aromatic carbocycles. The zero-order valence-corrected chi connectivity index (χ0v) is 14.7. The van der Waals surface area contributed by atoms with Crippen molar-refractivity contribution in [2.24, 2.45) is 0 Å². The monoisotopic (exact) mass is 336 g/mol. The van der Waals surface area contributed by atoms with Gasteiger partial charge in [0, 0.05) is 6.42 Å². The Morgan fingerprint density at radius 1 is 0.875 bits per heavy atom. The molecule has 0 radical (unpaired) electrons. The molecule has 2 unspecified atom stereocenters. The van der Waals surface area contributed by atoms with Crippen LogP contribution >= 0.6 is 0 Å². The minimum Gasteiger partial charge on any atom is -0.481 e. The van der Waals surface area contributed by atoms with E-state index in [2.05, 4.69) is 6.92 Å². The van der Waals surface area contributed by atoms with Crippen molar-refractivity contribution in [1.29, 1.82) is 0 Å². The van der Waals surface area contributed by atoms with Gasteiger partial charge in [-0.2, -0.15) is 0 Å². The van der Waals surface area contributed by atoms with Gasteiger partial charge < -0.3 is 15.3 Å². The molecule has 0 bridgehead atoms. The Labute approximate surface area is 145 Å². The maximum Gasteiger partial charge on any atom is 0.303 e. The summed E-state index contributed by atoms with van der Waals surface area (Å²) in [6, 6.07) is 0. The topological polar surface area (TPSA) is 77.8 Å². The third kappa shape index (κ3) is 16.7. The summed E-state index contributed by atoms with van der Waals surface area (Å²) in [6.45, 7) is 2.06. The average molecular weight is 336 g/mol. The summed E-state index contributed by atoms with van der Waals surface area (Å²) < 4.78 is 0. The van der Waals surface area contributed by atoms with E-state index in [9.17, 15) is 15.0 Å². The quantitative estimate of drug-likeness (QED) is 0.253. The number of hydrogen-bond acceptors (Lipinski definition) is 3. The number of carboxylic acid groups (broad SMARTS) is 1. The normalized spacial score (nSPS) is 15.1. The molecule has 136 valence electrons. The summed E-state index contributed by atoms with van der Waals surface area (Å²) in [5.74, 6) is -0.747. The molecule has 0 aliphatic rings. The maximum atomic E-state index is 10.4. The van der Waals surface area contributed by atoms with E-state index in [1.165, 1.54) is 0 Å². The molecule has 24 heavy (non-hydrogen) atoms. The third-order valence-electron chi connectivity index (χ3n) is 3.42. The van der Waals surface area contributed by atoms with E-state index in [-0.39, 0.29) is 6.42 Å². The zero-order chi connectivity index (χ0) is 18.0. The first-order valence-corrected chi connectivity index (χ1v) is 8.80. The Morgan fingerprint density at radius 2 is 1.50 bits per heavy atom. The number of allylic oxidation sites excluding steroid dienone is 5. The van der Waals surface area contributed by atoms with Crippen molar-refractivity contribution in [1.82, 2.24) is 0 Å². The fraction of sp³-hybridized carbons (Fsp3) is 0.550. The molecular weight excluding hydrogens is 304 g/mol. The Morgan fingerprint density at radius 3 is 2.12 bits per heavy atom. The molecule has 0 rings (SSSR count). The van der Waals surface area contributed by atoms with Crippen LogP contribution in [-0.4, -0.2) is 33.5 Å². The van der Waals surface area contributed by atoms with Crippen molar-refractivity contribution in [2.45, 2.75) is 70.5 Å². The van der Waals surface area contributed by atoms with Crippen molar-refractivity contribution in [3.05, 3.63) is 48.6 Å². The molecule has 3 N–H and O–H groups in total. The second kappa shape index (κ2) is 16.2. The molecule has 0 saturated carbocycles. The molecule has 0 fully saturated rings. The molecule has 0 aliphatic carbocycles. The van der Waals surface area contributed by atoms with Gasteiger partial charge >= 0.3 is 5.97 Å². The predicted octanol–water partition coefficient (Wildman–Crippen LogP) is 4.16. The van der Waals surface area contributed by atoms with E-state index >= 15 is 0 Å². The Hall–Kier alpha value is -1.65. The first-order chi connectivity index (χ1) is 11.6. The summed E-state index contributed by atoms with van der Waals surface area (Å²) >= 11 is 0. The summed E-state index contributed by atoms with van der Waals surface area (Å²) in [7, 11) is 0. The molecular formula is C20H32O4. The van der Waals surface area contributed by atoms with Crippen LogP contribution in [0, 0.1) is 0 Å². The van der Waals surface area contributed by atoms with Gasteiger partial charge in [0.15, 0.2) is 0 Å². The van der Waals surface area contributed by atoms with Crippen molar-refractivity contribution in [2.75, 3.05) is 0 Å².